The van der Waals surface area contributed by atoms with E-state index in [1.54, 1.807) is 0 Å². The van der Waals surface area contributed by atoms with Gasteiger partial charge in [0.2, 0.25) is 0 Å². The summed E-state index contributed by atoms with van der Waals surface area (Å²) in [4.78, 5) is 6.97. The molecule has 2 aliphatic carbocycles. The van der Waals surface area contributed by atoms with Gasteiger partial charge in [-0.15, -0.1) is 0 Å². The zero-order chi connectivity index (χ0) is 11.9. The Bertz CT molecular complexity index is 317. The first-order chi connectivity index (χ1) is 8.22. The summed E-state index contributed by atoms with van der Waals surface area (Å²) in [5.74, 6) is 2.00. The molecule has 17 heavy (non-hydrogen) atoms. The summed E-state index contributed by atoms with van der Waals surface area (Å²) in [5, 5.41) is 3.61. The lowest BCUT2D eigenvalue weighted by molar-refractivity contribution is 0.309. The van der Waals surface area contributed by atoms with Crippen molar-refractivity contribution in [2.45, 2.75) is 51.5 Å². The van der Waals surface area contributed by atoms with Crippen molar-refractivity contribution in [3.8, 4) is 0 Å². The van der Waals surface area contributed by atoms with Gasteiger partial charge in [-0.1, -0.05) is 19.8 Å². The number of nitrogens with one attached hydrogen (secondary N) is 1. The van der Waals surface area contributed by atoms with E-state index in [-0.39, 0.29) is 0 Å². The first-order valence-electron chi connectivity index (χ1n) is 7.21. The van der Waals surface area contributed by atoms with Crippen molar-refractivity contribution in [3.63, 3.8) is 0 Å². The monoisotopic (exact) mass is 235 g/mol. The summed E-state index contributed by atoms with van der Waals surface area (Å²) in [6.07, 6.45) is 8.48. The molecule has 0 bridgehead atoms. The molecule has 1 N–H and O–H groups in total. The zero-order valence-electron chi connectivity index (χ0n) is 11.2. The van der Waals surface area contributed by atoms with E-state index in [2.05, 4.69) is 22.1 Å². The van der Waals surface area contributed by atoms with Crippen molar-refractivity contribution in [2.75, 3.05) is 20.1 Å². The van der Waals surface area contributed by atoms with E-state index in [1.807, 2.05) is 7.05 Å². The van der Waals surface area contributed by atoms with Crippen LogP contribution in [0, 0.1) is 11.3 Å². The highest BCUT2D eigenvalue weighted by molar-refractivity contribution is 5.80. The van der Waals surface area contributed by atoms with Crippen LogP contribution in [0.25, 0.3) is 0 Å². The highest BCUT2D eigenvalue weighted by Crippen LogP contribution is 2.45. The van der Waals surface area contributed by atoms with Gasteiger partial charge in [0.05, 0.1) is 0 Å². The lowest BCUT2D eigenvalue weighted by atomic mass is 9.86. The molecule has 3 nitrogen and oxygen atoms in total. The SMILES string of the molecule is CN=C(NC1CC1C)N1CCC2(CCCC2)C1. The largest absolute Gasteiger partial charge is 0.353 e. The predicted octanol–water partition coefficient (Wildman–Crippen LogP) is 2.24. The van der Waals surface area contributed by atoms with E-state index in [1.165, 1.54) is 51.6 Å². The smallest absolute Gasteiger partial charge is 0.193 e. The highest BCUT2D eigenvalue weighted by Gasteiger charge is 2.42. The van der Waals surface area contributed by atoms with Gasteiger partial charge < -0.3 is 10.2 Å². The summed E-state index contributed by atoms with van der Waals surface area (Å²) < 4.78 is 0. The predicted molar refractivity (Wildman–Crippen MR) is 71.2 cm³/mol. The van der Waals surface area contributed by atoms with Crippen LogP contribution >= 0.6 is 0 Å². The van der Waals surface area contributed by atoms with Gasteiger partial charge in [-0.25, -0.2) is 0 Å². The van der Waals surface area contributed by atoms with E-state index in [4.69, 9.17) is 0 Å². The quantitative estimate of drug-likeness (QED) is 0.557. The van der Waals surface area contributed by atoms with Crippen molar-refractivity contribution in [3.05, 3.63) is 0 Å². The van der Waals surface area contributed by atoms with Crippen LogP contribution in [0.2, 0.25) is 0 Å². The molecule has 0 aromatic heterocycles. The van der Waals surface area contributed by atoms with E-state index in [0.717, 1.165) is 11.9 Å². The van der Waals surface area contributed by atoms with Gasteiger partial charge in [-0.3, -0.25) is 4.99 Å². The standard InChI is InChI=1S/C14H25N3/c1-11-9-12(11)16-13(15-2)17-8-7-14(10-17)5-3-4-6-14/h11-12H,3-10H2,1-2H3,(H,15,16). The summed E-state index contributed by atoms with van der Waals surface area (Å²) in [6.45, 7) is 4.77. The molecule has 1 aliphatic heterocycles. The van der Waals surface area contributed by atoms with E-state index in [0.29, 0.717) is 11.5 Å². The van der Waals surface area contributed by atoms with Crippen LogP contribution in [0.4, 0.5) is 0 Å². The maximum absolute atomic E-state index is 4.47. The fourth-order valence-corrected chi connectivity index (χ4v) is 3.64. The van der Waals surface area contributed by atoms with Crippen LogP contribution in [0.5, 0.6) is 0 Å². The van der Waals surface area contributed by atoms with Crippen LogP contribution in [0.1, 0.15) is 45.4 Å². The van der Waals surface area contributed by atoms with E-state index in [9.17, 15) is 0 Å². The Labute approximate surface area is 105 Å². The molecule has 3 aliphatic rings. The third kappa shape index (κ3) is 2.16. The molecule has 3 rings (SSSR count). The van der Waals surface area contributed by atoms with Gasteiger partial charge in [-0.05, 0) is 37.0 Å². The highest BCUT2D eigenvalue weighted by atomic mass is 15.3. The molecule has 96 valence electrons. The normalized spacial score (nSPS) is 35.6. The van der Waals surface area contributed by atoms with Crippen LogP contribution < -0.4 is 5.32 Å². The van der Waals surface area contributed by atoms with Gasteiger partial charge in [0.25, 0.3) is 0 Å². The number of likely N-dealkylation sites (tertiary alicyclic amines) is 1. The van der Waals surface area contributed by atoms with E-state index < -0.39 is 0 Å². The fraction of sp³-hybridized carbons (Fsp3) is 0.929. The Hall–Kier alpha value is -0.730. The van der Waals surface area contributed by atoms with Crippen molar-refractivity contribution in [1.82, 2.24) is 10.2 Å². The van der Waals surface area contributed by atoms with Gasteiger partial charge >= 0.3 is 0 Å². The summed E-state index contributed by atoms with van der Waals surface area (Å²) in [5.41, 5.74) is 0.646. The Morgan fingerprint density at radius 1 is 1.29 bits per heavy atom. The fourth-order valence-electron chi connectivity index (χ4n) is 3.64. The zero-order valence-corrected chi connectivity index (χ0v) is 11.2. The van der Waals surface area contributed by atoms with Crippen molar-refractivity contribution >= 4 is 5.96 Å². The minimum absolute atomic E-state index is 0.646. The maximum Gasteiger partial charge on any atom is 0.193 e. The Kier molecular flexibility index (Phi) is 2.80. The molecular formula is C14H25N3. The van der Waals surface area contributed by atoms with E-state index >= 15 is 0 Å². The number of nitrogens with zero attached hydrogens (tertiary/aromatic N) is 2. The summed E-state index contributed by atoms with van der Waals surface area (Å²) in [7, 11) is 1.93. The molecule has 0 aromatic rings. The molecule has 2 unspecified atom stereocenters. The molecule has 0 radical (unpaired) electrons. The number of hydrogen-bond acceptors (Lipinski definition) is 1. The van der Waals surface area contributed by atoms with Crippen LogP contribution in [-0.2, 0) is 0 Å². The third-order valence-corrected chi connectivity index (χ3v) is 5.04. The molecule has 1 saturated heterocycles. The molecule has 2 atom stereocenters. The third-order valence-electron chi connectivity index (χ3n) is 5.04. The van der Waals surface area contributed by atoms with Crippen molar-refractivity contribution in [2.24, 2.45) is 16.3 Å². The maximum atomic E-state index is 4.47. The molecule has 3 fully saturated rings. The number of guanidine groups is 1. The van der Waals surface area contributed by atoms with Gasteiger partial charge in [0.1, 0.15) is 0 Å². The second-order valence-electron chi connectivity index (χ2n) is 6.39. The molecule has 0 aromatic carbocycles. The number of rotatable bonds is 1. The molecule has 3 heteroatoms. The van der Waals surface area contributed by atoms with Crippen LogP contribution in [0.3, 0.4) is 0 Å². The minimum atomic E-state index is 0.646. The van der Waals surface area contributed by atoms with Gasteiger partial charge in [0, 0.05) is 26.2 Å². The second kappa shape index (κ2) is 4.18. The average molecular weight is 235 g/mol. The average Bonchev–Trinajstić information content (AvgIpc) is 2.77. The van der Waals surface area contributed by atoms with Crippen molar-refractivity contribution in [1.29, 1.82) is 0 Å². The van der Waals surface area contributed by atoms with Crippen LogP contribution in [0.15, 0.2) is 4.99 Å². The topological polar surface area (TPSA) is 27.6 Å². The summed E-state index contributed by atoms with van der Waals surface area (Å²) in [6, 6.07) is 0.689. The minimum Gasteiger partial charge on any atom is -0.353 e. The lowest BCUT2D eigenvalue weighted by Crippen LogP contribution is -2.42. The second-order valence-corrected chi connectivity index (χ2v) is 6.39. The van der Waals surface area contributed by atoms with Crippen LogP contribution in [-0.4, -0.2) is 37.0 Å². The lowest BCUT2D eigenvalue weighted by Gasteiger charge is -2.26. The Morgan fingerprint density at radius 3 is 2.59 bits per heavy atom. The Morgan fingerprint density at radius 2 is 2.00 bits per heavy atom. The van der Waals surface area contributed by atoms with Gasteiger partial charge in [0.15, 0.2) is 5.96 Å². The number of aliphatic imine (C=N–C) groups is 1. The molecule has 1 heterocycles. The van der Waals surface area contributed by atoms with Gasteiger partial charge in [-0.2, -0.15) is 0 Å². The van der Waals surface area contributed by atoms with Crippen molar-refractivity contribution < 1.29 is 0 Å². The Balaban J connectivity index is 1.60. The molecule has 0 amide bonds. The molecule has 2 saturated carbocycles. The summed E-state index contributed by atoms with van der Waals surface area (Å²) >= 11 is 0. The molecular weight excluding hydrogens is 210 g/mol. The number of hydrogen-bond donors (Lipinski definition) is 1. The molecule has 1 spiro atoms. The first-order valence-corrected chi connectivity index (χ1v) is 7.21. The first kappa shape index (κ1) is 11.4.